The SMILES string of the molecule is CC(C#N)N(C)S(=O)(=O)Cc1ccc([N+](=O)[O-])cc1. The van der Waals surface area contributed by atoms with Crippen molar-refractivity contribution < 1.29 is 13.3 Å². The zero-order valence-electron chi connectivity index (χ0n) is 10.5. The number of non-ortho nitro benzene ring substituents is 1. The highest BCUT2D eigenvalue weighted by Crippen LogP contribution is 2.16. The highest BCUT2D eigenvalue weighted by molar-refractivity contribution is 7.88. The first-order valence-electron chi connectivity index (χ1n) is 5.36. The van der Waals surface area contributed by atoms with Crippen molar-refractivity contribution >= 4 is 15.7 Å². The summed E-state index contributed by atoms with van der Waals surface area (Å²) in [5.74, 6) is -0.298. The molecule has 0 amide bonds. The van der Waals surface area contributed by atoms with Gasteiger partial charge in [0.05, 0.1) is 16.7 Å². The molecule has 0 saturated heterocycles. The number of hydrogen-bond acceptors (Lipinski definition) is 5. The molecule has 1 aromatic carbocycles. The molecule has 102 valence electrons. The molecular formula is C11H13N3O4S. The Morgan fingerprint density at radius 1 is 1.42 bits per heavy atom. The van der Waals surface area contributed by atoms with Gasteiger partial charge in [-0.25, -0.2) is 8.42 Å². The van der Waals surface area contributed by atoms with Gasteiger partial charge in [0.1, 0.15) is 6.04 Å². The van der Waals surface area contributed by atoms with Gasteiger partial charge in [-0.05, 0) is 12.5 Å². The Balaban J connectivity index is 2.90. The summed E-state index contributed by atoms with van der Waals surface area (Å²) in [7, 11) is -2.29. The molecule has 0 fully saturated rings. The summed E-state index contributed by atoms with van der Waals surface area (Å²) in [5, 5.41) is 19.2. The van der Waals surface area contributed by atoms with E-state index in [0.717, 1.165) is 4.31 Å². The lowest BCUT2D eigenvalue weighted by Crippen LogP contribution is -2.34. The Kier molecular flexibility index (Phi) is 4.58. The lowest BCUT2D eigenvalue weighted by atomic mass is 10.2. The van der Waals surface area contributed by atoms with Crippen molar-refractivity contribution in [3.63, 3.8) is 0 Å². The normalized spacial score (nSPS) is 12.9. The number of nitrogens with zero attached hydrogens (tertiary/aromatic N) is 3. The van der Waals surface area contributed by atoms with E-state index in [2.05, 4.69) is 0 Å². The van der Waals surface area contributed by atoms with E-state index in [1.807, 2.05) is 6.07 Å². The summed E-state index contributed by atoms with van der Waals surface area (Å²) in [6.45, 7) is 1.48. The molecule has 0 aliphatic rings. The fourth-order valence-corrected chi connectivity index (χ4v) is 2.69. The van der Waals surface area contributed by atoms with E-state index >= 15 is 0 Å². The van der Waals surface area contributed by atoms with Crippen LogP contribution in [-0.4, -0.2) is 30.7 Å². The van der Waals surface area contributed by atoms with Crippen LogP contribution >= 0.6 is 0 Å². The van der Waals surface area contributed by atoms with E-state index in [-0.39, 0.29) is 11.4 Å². The van der Waals surface area contributed by atoms with Crippen LogP contribution in [0.25, 0.3) is 0 Å². The minimum absolute atomic E-state index is 0.0973. The third-order valence-corrected chi connectivity index (χ3v) is 4.56. The number of rotatable bonds is 5. The van der Waals surface area contributed by atoms with E-state index in [9.17, 15) is 18.5 Å². The Bertz CT molecular complexity index is 604. The average molecular weight is 283 g/mol. The van der Waals surface area contributed by atoms with Gasteiger partial charge in [-0.1, -0.05) is 12.1 Å². The predicted molar refractivity (Wildman–Crippen MR) is 68.6 cm³/mol. The second-order valence-corrected chi connectivity index (χ2v) is 6.03. The summed E-state index contributed by atoms with van der Waals surface area (Å²) in [5.41, 5.74) is 0.336. The molecule has 1 rings (SSSR count). The van der Waals surface area contributed by atoms with Crippen molar-refractivity contribution in [1.29, 1.82) is 5.26 Å². The smallest absolute Gasteiger partial charge is 0.258 e. The molecule has 0 aliphatic carbocycles. The number of nitro benzene ring substituents is 1. The number of sulfonamides is 1. The molecule has 1 aromatic rings. The maximum absolute atomic E-state index is 12.0. The standard InChI is InChI=1S/C11H13N3O4S/c1-9(7-12)13(2)19(17,18)8-10-3-5-11(6-4-10)14(15)16/h3-6,9H,8H2,1-2H3. The maximum atomic E-state index is 12.0. The van der Waals surface area contributed by atoms with E-state index in [1.54, 1.807) is 0 Å². The fraction of sp³-hybridized carbons (Fsp3) is 0.364. The summed E-state index contributed by atoms with van der Waals surface area (Å²) in [6, 6.07) is 6.35. The molecule has 0 heterocycles. The molecule has 1 atom stereocenters. The quantitative estimate of drug-likeness (QED) is 0.597. The molecule has 0 bridgehead atoms. The van der Waals surface area contributed by atoms with Crippen LogP contribution in [-0.2, 0) is 15.8 Å². The minimum atomic E-state index is -3.62. The van der Waals surface area contributed by atoms with Crippen molar-refractivity contribution in [1.82, 2.24) is 4.31 Å². The zero-order valence-corrected chi connectivity index (χ0v) is 11.3. The molecule has 7 nitrogen and oxygen atoms in total. The molecule has 0 spiro atoms. The van der Waals surface area contributed by atoms with Crippen LogP contribution < -0.4 is 0 Å². The Morgan fingerprint density at radius 3 is 2.37 bits per heavy atom. The van der Waals surface area contributed by atoms with E-state index < -0.39 is 21.0 Å². The fourth-order valence-electron chi connectivity index (χ4n) is 1.35. The van der Waals surface area contributed by atoms with Crippen LogP contribution in [0.2, 0.25) is 0 Å². The van der Waals surface area contributed by atoms with Gasteiger partial charge >= 0.3 is 0 Å². The Hall–Kier alpha value is -1.98. The first kappa shape index (κ1) is 15.1. The summed E-state index contributed by atoms with van der Waals surface area (Å²) < 4.78 is 24.9. The van der Waals surface area contributed by atoms with Gasteiger partial charge in [0.15, 0.2) is 0 Å². The number of hydrogen-bond donors (Lipinski definition) is 0. The first-order valence-corrected chi connectivity index (χ1v) is 6.97. The number of nitro groups is 1. The van der Waals surface area contributed by atoms with E-state index in [1.165, 1.54) is 38.2 Å². The third-order valence-electron chi connectivity index (χ3n) is 2.67. The van der Waals surface area contributed by atoms with Crippen molar-refractivity contribution in [2.45, 2.75) is 18.7 Å². The van der Waals surface area contributed by atoms with Crippen LogP contribution in [0.1, 0.15) is 12.5 Å². The van der Waals surface area contributed by atoms with Crippen LogP contribution in [0.15, 0.2) is 24.3 Å². The first-order chi connectivity index (χ1) is 8.77. The van der Waals surface area contributed by atoms with Crippen LogP contribution in [0.4, 0.5) is 5.69 Å². The van der Waals surface area contributed by atoms with Crippen molar-refractivity contribution in [2.24, 2.45) is 0 Å². The molecule has 0 aliphatic heterocycles. The average Bonchev–Trinajstić information content (AvgIpc) is 2.37. The van der Waals surface area contributed by atoms with E-state index in [0.29, 0.717) is 5.56 Å². The molecule has 8 heteroatoms. The predicted octanol–water partition coefficient (Wildman–Crippen LogP) is 1.27. The lowest BCUT2D eigenvalue weighted by Gasteiger charge is -2.18. The van der Waals surface area contributed by atoms with Crippen LogP contribution in [0.3, 0.4) is 0 Å². The second kappa shape index (κ2) is 5.77. The number of benzene rings is 1. The molecule has 0 aromatic heterocycles. The maximum Gasteiger partial charge on any atom is 0.269 e. The lowest BCUT2D eigenvalue weighted by molar-refractivity contribution is -0.384. The Labute approximate surface area is 111 Å². The van der Waals surface area contributed by atoms with Gasteiger partial charge in [-0.3, -0.25) is 10.1 Å². The largest absolute Gasteiger partial charge is 0.269 e. The summed E-state index contributed by atoms with van der Waals surface area (Å²) >= 11 is 0. The second-order valence-electron chi connectivity index (χ2n) is 4.00. The molecule has 19 heavy (non-hydrogen) atoms. The van der Waals surface area contributed by atoms with Crippen molar-refractivity contribution in [3.05, 3.63) is 39.9 Å². The molecule has 0 radical (unpaired) electrons. The molecule has 0 N–H and O–H groups in total. The minimum Gasteiger partial charge on any atom is -0.258 e. The molecule has 0 saturated carbocycles. The van der Waals surface area contributed by atoms with Gasteiger partial charge in [-0.15, -0.1) is 0 Å². The summed E-state index contributed by atoms with van der Waals surface area (Å²) in [6.07, 6.45) is 0. The monoisotopic (exact) mass is 283 g/mol. The van der Waals surface area contributed by atoms with Gasteiger partial charge in [-0.2, -0.15) is 9.57 Å². The third kappa shape index (κ3) is 3.74. The van der Waals surface area contributed by atoms with Gasteiger partial charge in [0.25, 0.3) is 5.69 Å². The van der Waals surface area contributed by atoms with Gasteiger partial charge < -0.3 is 0 Å². The van der Waals surface area contributed by atoms with Crippen LogP contribution in [0, 0.1) is 21.4 Å². The highest BCUT2D eigenvalue weighted by Gasteiger charge is 2.23. The Morgan fingerprint density at radius 2 is 1.95 bits per heavy atom. The molecule has 1 unspecified atom stereocenters. The van der Waals surface area contributed by atoms with Gasteiger partial charge in [0, 0.05) is 19.2 Å². The van der Waals surface area contributed by atoms with Crippen molar-refractivity contribution in [2.75, 3.05) is 7.05 Å². The van der Waals surface area contributed by atoms with Crippen LogP contribution in [0.5, 0.6) is 0 Å². The zero-order chi connectivity index (χ0) is 14.6. The topological polar surface area (TPSA) is 104 Å². The van der Waals surface area contributed by atoms with Gasteiger partial charge in [0.2, 0.25) is 10.0 Å². The van der Waals surface area contributed by atoms with Crippen molar-refractivity contribution in [3.8, 4) is 6.07 Å². The highest BCUT2D eigenvalue weighted by atomic mass is 32.2. The molecular weight excluding hydrogens is 270 g/mol. The number of nitriles is 1. The summed E-state index contributed by atoms with van der Waals surface area (Å²) in [4.78, 5) is 9.92. The van der Waals surface area contributed by atoms with E-state index in [4.69, 9.17) is 5.26 Å².